The third-order valence-electron chi connectivity index (χ3n) is 11.9. The number of hydrogen-bond donors (Lipinski definition) is 3. The van der Waals surface area contributed by atoms with Crippen LogP contribution in [0, 0.1) is 34.0 Å². The van der Waals surface area contributed by atoms with Gasteiger partial charge in [-0.2, -0.15) is 0 Å². The van der Waals surface area contributed by atoms with Gasteiger partial charge in [0.25, 0.3) is 5.91 Å². The fourth-order valence-corrected chi connectivity index (χ4v) is 9.17. The summed E-state index contributed by atoms with van der Waals surface area (Å²) in [6.45, 7) is 9.36. The molecule has 4 aliphatic rings. The Hall–Kier alpha value is -1.95. The van der Waals surface area contributed by atoms with Crippen molar-refractivity contribution in [1.29, 1.82) is 0 Å². The van der Waals surface area contributed by atoms with E-state index in [-0.39, 0.29) is 47.3 Å². The van der Waals surface area contributed by atoms with E-state index in [0.717, 1.165) is 38.5 Å². The minimum atomic E-state index is -0.413. The smallest absolute Gasteiger partial charge is 0.251 e. The van der Waals surface area contributed by atoms with Gasteiger partial charge in [-0.15, -0.1) is 0 Å². The van der Waals surface area contributed by atoms with Crippen LogP contribution in [0.4, 0.5) is 0 Å². The second kappa shape index (κ2) is 9.91. The van der Waals surface area contributed by atoms with E-state index in [4.69, 9.17) is 0 Å². The highest BCUT2D eigenvalue weighted by Gasteiger charge is 2.64. The average Bonchev–Trinajstić information content (AvgIpc) is 3.00. The topological polar surface area (TPSA) is 72.8 Å². The van der Waals surface area contributed by atoms with Gasteiger partial charge in [0.2, 0.25) is 0 Å². The third-order valence-corrected chi connectivity index (χ3v) is 11.9. The molecule has 0 spiro atoms. The number of carbonyl (C=O) groups excluding carboxylic acids is 1. The van der Waals surface area contributed by atoms with E-state index < -0.39 is 5.41 Å². The summed E-state index contributed by atoms with van der Waals surface area (Å²) < 4.78 is 0. The summed E-state index contributed by atoms with van der Waals surface area (Å²) in [5.41, 5.74) is 3.19. The molecule has 5 rings (SSSR count). The number of nitrogens with one attached hydrogen (secondary N) is 1. The van der Waals surface area contributed by atoms with E-state index in [1.165, 1.54) is 11.1 Å². The van der Waals surface area contributed by atoms with Crippen molar-refractivity contribution < 1.29 is 15.0 Å². The number of hydrogen-bond acceptors (Lipinski definition) is 4. The monoisotopic (exact) mass is 520 g/mol. The van der Waals surface area contributed by atoms with Crippen molar-refractivity contribution in [2.75, 3.05) is 20.7 Å². The van der Waals surface area contributed by atoms with Crippen molar-refractivity contribution in [3.8, 4) is 0 Å². The molecule has 1 amide bonds. The number of aliphatic hydroxyl groups is 2. The van der Waals surface area contributed by atoms with Gasteiger partial charge in [-0.1, -0.05) is 56.7 Å². The highest BCUT2D eigenvalue weighted by atomic mass is 16.3. The van der Waals surface area contributed by atoms with E-state index >= 15 is 0 Å². The second-order valence-electron chi connectivity index (χ2n) is 13.7. The molecule has 5 heteroatoms. The zero-order valence-electron chi connectivity index (χ0n) is 24.2. The van der Waals surface area contributed by atoms with Gasteiger partial charge in [0, 0.05) is 29.0 Å². The molecule has 9 unspecified atom stereocenters. The fourth-order valence-electron chi connectivity index (χ4n) is 9.17. The lowest BCUT2D eigenvalue weighted by molar-refractivity contribution is -0.0245. The summed E-state index contributed by atoms with van der Waals surface area (Å²) in [6.07, 6.45) is 10.3. The van der Waals surface area contributed by atoms with Crippen LogP contribution >= 0.6 is 0 Å². The van der Waals surface area contributed by atoms with E-state index in [2.05, 4.69) is 64.2 Å². The Morgan fingerprint density at radius 1 is 1.08 bits per heavy atom. The van der Waals surface area contributed by atoms with Crippen molar-refractivity contribution in [2.24, 2.45) is 34.0 Å². The normalized spacial score (nSPS) is 41.2. The maximum absolute atomic E-state index is 13.1. The number of carbonyl (C=O) groups is 1. The molecule has 3 N–H and O–H groups in total. The summed E-state index contributed by atoms with van der Waals surface area (Å²) >= 11 is 0. The first-order valence-corrected chi connectivity index (χ1v) is 14.7. The number of aliphatic hydroxyl groups excluding tert-OH is 2. The van der Waals surface area contributed by atoms with Crippen molar-refractivity contribution in [1.82, 2.24) is 10.2 Å². The maximum atomic E-state index is 13.1. The van der Waals surface area contributed by atoms with Gasteiger partial charge in [-0.3, -0.25) is 4.79 Å². The summed E-state index contributed by atoms with van der Waals surface area (Å²) in [6, 6.07) is 9.63. The van der Waals surface area contributed by atoms with Gasteiger partial charge in [-0.05, 0) is 99.9 Å². The van der Waals surface area contributed by atoms with Crippen LogP contribution in [-0.2, 0) is 0 Å². The Labute approximate surface area is 229 Å². The first-order chi connectivity index (χ1) is 18.0. The molecule has 208 valence electrons. The Morgan fingerprint density at radius 3 is 2.42 bits per heavy atom. The van der Waals surface area contributed by atoms with Crippen LogP contribution in [0.5, 0.6) is 0 Å². The standard InChI is InChI=1S/C33H48N2O3/c1-21(35(5)6)29-27(37)19-33(4)26-14-13-25-23(18-24(26)16-17-32(29,33)3)12-15-28(31(25,2)20-36)34-30(38)22-10-8-7-9-11-22/h7-11,16,18,21,25-29,36-37H,12-15,17,19-20H2,1-6H3,(H,34,38). The first kappa shape index (κ1) is 27.6. The molecule has 1 aromatic rings. The Kier molecular flexibility index (Phi) is 7.20. The van der Waals surface area contributed by atoms with E-state index in [0.29, 0.717) is 17.5 Å². The van der Waals surface area contributed by atoms with Crippen molar-refractivity contribution >= 4 is 5.91 Å². The van der Waals surface area contributed by atoms with Crippen molar-refractivity contribution in [2.45, 2.75) is 84.4 Å². The molecule has 2 saturated carbocycles. The Bertz CT molecular complexity index is 1110. The summed E-state index contributed by atoms with van der Waals surface area (Å²) in [4.78, 5) is 15.3. The lowest BCUT2D eigenvalue weighted by Crippen LogP contribution is -2.54. The van der Waals surface area contributed by atoms with Gasteiger partial charge in [0.15, 0.2) is 0 Å². The summed E-state index contributed by atoms with van der Waals surface area (Å²) in [5.74, 6) is 0.802. The van der Waals surface area contributed by atoms with Crippen LogP contribution < -0.4 is 5.32 Å². The lowest BCUT2D eigenvalue weighted by atomic mass is 9.51. The minimum absolute atomic E-state index is 0.0204. The van der Waals surface area contributed by atoms with Gasteiger partial charge in [0.05, 0.1) is 12.7 Å². The molecular weight excluding hydrogens is 472 g/mol. The largest absolute Gasteiger partial charge is 0.396 e. The molecule has 0 saturated heterocycles. The Morgan fingerprint density at radius 2 is 1.76 bits per heavy atom. The van der Waals surface area contributed by atoms with Crippen LogP contribution in [0.3, 0.4) is 0 Å². The van der Waals surface area contributed by atoms with Crippen LogP contribution in [0.25, 0.3) is 0 Å². The number of nitrogens with zero attached hydrogens (tertiary/aromatic N) is 1. The van der Waals surface area contributed by atoms with Gasteiger partial charge >= 0.3 is 0 Å². The molecule has 0 aromatic heterocycles. The summed E-state index contributed by atoms with van der Waals surface area (Å²) in [5, 5.41) is 25.5. The van der Waals surface area contributed by atoms with Crippen LogP contribution in [-0.4, -0.2) is 59.9 Å². The molecule has 4 aliphatic carbocycles. The molecule has 2 fully saturated rings. The molecule has 0 bridgehead atoms. The van der Waals surface area contributed by atoms with Crippen LogP contribution in [0.1, 0.15) is 76.6 Å². The maximum Gasteiger partial charge on any atom is 0.251 e. The first-order valence-electron chi connectivity index (χ1n) is 14.7. The molecule has 38 heavy (non-hydrogen) atoms. The predicted molar refractivity (Wildman–Crippen MR) is 153 cm³/mol. The highest BCUT2D eigenvalue weighted by molar-refractivity contribution is 5.94. The molecule has 0 heterocycles. The van der Waals surface area contributed by atoms with Gasteiger partial charge in [0.1, 0.15) is 0 Å². The average molecular weight is 521 g/mol. The molecule has 0 aliphatic heterocycles. The lowest BCUT2D eigenvalue weighted by Gasteiger charge is -2.53. The van der Waals surface area contributed by atoms with Gasteiger partial charge in [-0.25, -0.2) is 0 Å². The number of benzene rings is 1. The minimum Gasteiger partial charge on any atom is -0.396 e. The van der Waals surface area contributed by atoms with Crippen molar-refractivity contribution in [3.63, 3.8) is 0 Å². The van der Waals surface area contributed by atoms with E-state index in [9.17, 15) is 15.0 Å². The van der Waals surface area contributed by atoms with E-state index in [1.54, 1.807) is 0 Å². The van der Waals surface area contributed by atoms with Crippen molar-refractivity contribution in [3.05, 3.63) is 59.2 Å². The SMILES string of the molecule is CC(C1C(O)CC2(C)C3CCC4C(=CC3=CCC12C)CCC(NC(=O)c1ccccc1)C4(C)CO)N(C)C. The number of rotatable bonds is 5. The fraction of sp³-hybridized carbons (Fsp3) is 0.667. The highest BCUT2D eigenvalue weighted by Crippen LogP contribution is 2.68. The zero-order valence-corrected chi connectivity index (χ0v) is 24.2. The zero-order chi connectivity index (χ0) is 27.5. The molecule has 1 aromatic carbocycles. The molecular formula is C33H48N2O3. The third kappa shape index (κ3) is 4.12. The number of fused-ring (bicyclic) bond motifs is 4. The van der Waals surface area contributed by atoms with Crippen LogP contribution in [0.15, 0.2) is 53.6 Å². The number of amides is 1. The van der Waals surface area contributed by atoms with Crippen LogP contribution in [0.2, 0.25) is 0 Å². The molecule has 0 radical (unpaired) electrons. The molecule has 9 atom stereocenters. The van der Waals surface area contributed by atoms with E-state index in [1.807, 2.05) is 30.3 Å². The predicted octanol–water partition coefficient (Wildman–Crippen LogP) is 5.20. The Balaban J connectivity index is 1.43. The molecule has 5 nitrogen and oxygen atoms in total. The number of allylic oxidation sites excluding steroid dienone is 4. The van der Waals surface area contributed by atoms with Gasteiger partial charge < -0.3 is 20.4 Å². The quantitative estimate of drug-likeness (QED) is 0.499. The second-order valence-corrected chi connectivity index (χ2v) is 13.7. The summed E-state index contributed by atoms with van der Waals surface area (Å²) in [7, 11) is 4.26.